The Morgan fingerprint density at radius 3 is 2.50 bits per heavy atom. The number of carboxylic acid groups (broad SMARTS) is 1. The van der Waals surface area contributed by atoms with E-state index in [0.717, 1.165) is 22.0 Å². The number of amides is 1. The number of halogens is 1. The molecule has 3 aromatic carbocycles. The summed E-state index contributed by atoms with van der Waals surface area (Å²) in [6.07, 6.45) is 1.76. The molecule has 4 aromatic rings. The molecular formula is C23H16ClN2NaO3. The van der Waals surface area contributed by atoms with Crippen molar-refractivity contribution in [1.29, 1.82) is 0 Å². The number of para-hydroxylation sites is 1. The van der Waals surface area contributed by atoms with Gasteiger partial charge in [0.15, 0.2) is 0 Å². The molecule has 1 amide bonds. The van der Waals surface area contributed by atoms with Gasteiger partial charge in [0.2, 0.25) is 0 Å². The van der Waals surface area contributed by atoms with E-state index in [1.54, 1.807) is 24.4 Å². The molecule has 0 unspecified atom stereocenters. The Hall–Kier alpha value is -2.70. The van der Waals surface area contributed by atoms with Crippen LogP contribution in [0.2, 0.25) is 5.02 Å². The zero-order valence-corrected chi connectivity index (χ0v) is 15.9. The van der Waals surface area contributed by atoms with Crippen LogP contribution in [0.4, 0.5) is 5.69 Å². The molecule has 0 atom stereocenters. The van der Waals surface area contributed by atoms with E-state index in [0.29, 0.717) is 5.56 Å². The number of hydrogen-bond acceptors (Lipinski definition) is 3. The van der Waals surface area contributed by atoms with E-state index in [-0.39, 0.29) is 45.8 Å². The fourth-order valence-corrected chi connectivity index (χ4v) is 3.24. The molecule has 0 radical (unpaired) electrons. The summed E-state index contributed by atoms with van der Waals surface area (Å²) < 4.78 is 0. The van der Waals surface area contributed by atoms with Crippen molar-refractivity contribution in [2.75, 3.05) is 5.32 Å². The zero-order chi connectivity index (χ0) is 20.4. The summed E-state index contributed by atoms with van der Waals surface area (Å²) in [5.74, 6) is -1.58. The van der Waals surface area contributed by atoms with Crippen molar-refractivity contribution in [3.8, 4) is 11.1 Å². The molecule has 0 saturated heterocycles. The molecule has 0 aliphatic heterocycles. The molecule has 0 spiro atoms. The van der Waals surface area contributed by atoms with Crippen molar-refractivity contribution in [1.82, 2.24) is 4.98 Å². The number of carboxylic acids is 1. The summed E-state index contributed by atoms with van der Waals surface area (Å²) in [6, 6.07) is 21.2. The first-order chi connectivity index (χ1) is 14.0. The third kappa shape index (κ3) is 4.71. The minimum absolute atomic E-state index is 0. The van der Waals surface area contributed by atoms with Crippen LogP contribution in [-0.4, -0.2) is 51.5 Å². The van der Waals surface area contributed by atoms with Gasteiger partial charge in [0.1, 0.15) is 0 Å². The Balaban J connectivity index is 0.00000256. The molecule has 0 bridgehead atoms. The van der Waals surface area contributed by atoms with Crippen LogP contribution in [0.5, 0.6) is 0 Å². The molecule has 2 N–H and O–H groups in total. The molecule has 7 heteroatoms. The summed E-state index contributed by atoms with van der Waals surface area (Å²) in [5, 5.41) is 13.3. The van der Waals surface area contributed by atoms with Crippen LogP contribution < -0.4 is 5.32 Å². The summed E-state index contributed by atoms with van der Waals surface area (Å²) in [7, 11) is 0. The molecule has 5 nitrogen and oxygen atoms in total. The number of benzene rings is 3. The first kappa shape index (κ1) is 22.0. The van der Waals surface area contributed by atoms with E-state index in [2.05, 4.69) is 10.3 Å². The number of carbonyl (C=O) groups is 2. The normalized spacial score (nSPS) is 10.3. The third-order valence-electron chi connectivity index (χ3n) is 4.51. The fraction of sp³-hybridized carbons (Fsp3) is 0. The SMILES string of the molecule is O=C(Nc1ccc(Cl)cc1C(=O)O)c1cccc(-c2cnc3ccccc3c2)c1.[NaH]. The van der Waals surface area contributed by atoms with Gasteiger partial charge in [-0.05, 0) is 48.0 Å². The number of anilines is 1. The first-order valence-corrected chi connectivity index (χ1v) is 9.18. The average molecular weight is 427 g/mol. The Kier molecular flexibility index (Phi) is 6.90. The zero-order valence-electron chi connectivity index (χ0n) is 15.1. The van der Waals surface area contributed by atoms with E-state index >= 15 is 0 Å². The average Bonchev–Trinajstić information content (AvgIpc) is 2.74. The van der Waals surface area contributed by atoms with Gasteiger partial charge >= 0.3 is 35.5 Å². The van der Waals surface area contributed by atoms with Crippen LogP contribution in [-0.2, 0) is 0 Å². The number of hydrogen-bond donors (Lipinski definition) is 2. The van der Waals surface area contributed by atoms with Crippen LogP contribution in [0.3, 0.4) is 0 Å². The van der Waals surface area contributed by atoms with Gasteiger partial charge in [0, 0.05) is 27.7 Å². The number of carbonyl (C=O) groups excluding carboxylic acids is 1. The molecule has 0 fully saturated rings. The standard InChI is InChI=1S/C23H15ClN2O3.Na.H/c24-18-8-9-21(19(12-18)23(28)29)26-22(27)16-6-3-5-14(10-16)17-11-15-4-1-2-7-20(15)25-13-17;;/h1-13H,(H,26,27)(H,28,29);;. The fourth-order valence-electron chi connectivity index (χ4n) is 3.07. The second kappa shape index (κ2) is 9.41. The van der Waals surface area contributed by atoms with Gasteiger partial charge in [0.05, 0.1) is 16.8 Å². The maximum absolute atomic E-state index is 12.7. The van der Waals surface area contributed by atoms with Gasteiger partial charge in [-0.25, -0.2) is 4.79 Å². The minimum atomic E-state index is -1.17. The number of nitrogens with one attached hydrogen (secondary N) is 1. The summed E-state index contributed by atoms with van der Waals surface area (Å²) >= 11 is 5.86. The van der Waals surface area contributed by atoms with Gasteiger partial charge in [-0.2, -0.15) is 0 Å². The van der Waals surface area contributed by atoms with Crippen LogP contribution in [0.25, 0.3) is 22.0 Å². The van der Waals surface area contributed by atoms with Crippen LogP contribution in [0.1, 0.15) is 20.7 Å². The van der Waals surface area contributed by atoms with E-state index < -0.39 is 11.9 Å². The van der Waals surface area contributed by atoms with Gasteiger partial charge in [0.25, 0.3) is 5.91 Å². The van der Waals surface area contributed by atoms with Crippen molar-refractivity contribution in [2.24, 2.45) is 0 Å². The van der Waals surface area contributed by atoms with Gasteiger partial charge in [-0.3, -0.25) is 9.78 Å². The topological polar surface area (TPSA) is 79.3 Å². The van der Waals surface area contributed by atoms with E-state index in [1.807, 2.05) is 36.4 Å². The molecule has 0 saturated carbocycles. The predicted molar refractivity (Wildman–Crippen MR) is 121 cm³/mol. The predicted octanol–water partition coefficient (Wildman–Crippen LogP) is 4.86. The molecule has 30 heavy (non-hydrogen) atoms. The van der Waals surface area contributed by atoms with Crippen molar-refractivity contribution < 1.29 is 14.7 Å². The number of pyridine rings is 1. The Morgan fingerprint density at radius 2 is 1.70 bits per heavy atom. The van der Waals surface area contributed by atoms with Crippen LogP contribution in [0.15, 0.2) is 79.0 Å². The van der Waals surface area contributed by atoms with Gasteiger partial charge in [-0.1, -0.05) is 41.9 Å². The van der Waals surface area contributed by atoms with Gasteiger partial charge in [-0.15, -0.1) is 0 Å². The number of rotatable bonds is 4. The summed E-state index contributed by atoms with van der Waals surface area (Å²) in [6.45, 7) is 0. The van der Waals surface area contributed by atoms with Crippen molar-refractivity contribution >= 4 is 69.6 Å². The molecule has 144 valence electrons. The Bertz CT molecular complexity index is 1260. The number of aromatic carboxylic acids is 1. The Morgan fingerprint density at radius 1 is 0.900 bits per heavy atom. The van der Waals surface area contributed by atoms with Crippen LogP contribution >= 0.6 is 11.6 Å². The molecule has 1 aromatic heterocycles. The van der Waals surface area contributed by atoms with Gasteiger partial charge < -0.3 is 10.4 Å². The second-order valence-corrected chi connectivity index (χ2v) is 6.88. The summed E-state index contributed by atoms with van der Waals surface area (Å²) in [5.41, 5.74) is 3.14. The quantitative estimate of drug-likeness (QED) is 0.457. The van der Waals surface area contributed by atoms with E-state index in [1.165, 1.54) is 18.2 Å². The van der Waals surface area contributed by atoms with Crippen molar-refractivity contribution in [3.63, 3.8) is 0 Å². The second-order valence-electron chi connectivity index (χ2n) is 6.45. The molecule has 1 heterocycles. The molecular weight excluding hydrogens is 411 g/mol. The molecule has 0 aliphatic rings. The van der Waals surface area contributed by atoms with E-state index in [9.17, 15) is 14.7 Å². The van der Waals surface area contributed by atoms with E-state index in [4.69, 9.17) is 11.6 Å². The number of fused-ring (bicyclic) bond motifs is 1. The maximum atomic E-state index is 12.7. The van der Waals surface area contributed by atoms with Crippen molar-refractivity contribution in [2.45, 2.75) is 0 Å². The third-order valence-corrected chi connectivity index (χ3v) is 4.74. The number of aromatic nitrogens is 1. The number of nitrogens with zero attached hydrogens (tertiary/aromatic N) is 1. The van der Waals surface area contributed by atoms with Crippen molar-refractivity contribution in [3.05, 3.63) is 95.1 Å². The molecule has 4 rings (SSSR count). The monoisotopic (exact) mass is 426 g/mol. The van der Waals surface area contributed by atoms with Crippen LogP contribution in [0, 0.1) is 0 Å². The summed E-state index contributed by atoms with van der Waals surface area (Å²) in [4.78, 5) is 28.6. The Labute approximate surface area is 200 Å². The first-order valence-electron chi connectivity index (χ1n) is 8.81. The molecule has 0 aliphatic carbocycles.